The van der Waals surface area contributed by atoms with E-state index in [1.165, 1.54) is 12.1 Å². The minimum atomic E-state index is -0.695. The van der Waals surface area contributed by atoms with Crippen molar-refractivity contribution in [3.8, 4) is 0 Å². The quantitative estimate of drug-likeness (QED) is 0.669. The van der Waals surface area contributed by atoms with Crippen molar-refractivity contribution in [1.29, 1.82) is 0 Å². The van der Waals surface area contributed by atoms with Crippen LogP contribution >= 0.6 is 0 Å². The van der Waals surface area contributed by atoms with E-state index in [-0.39, 0.29) is 18.0 Å². The molecule has 21 heavy (non-hydrogen) atoms. The van der Waals surface area contributed by atoms with Gasteiger partial charge in [-0.1, -0.05) is 0 Å². The lowest BCUT2D eigenvalue weighted by Crippen LogP contribution is -2.06. The van der Waals surface area contributed by atoms with E-state index in [2.05, 4.69) is 5.32 Å². The van der Waals surface area contributed by atoms with Crippen LogP contribution in [0.1, 0.15) is 17.3 Å². The molecule has 2 aromatic rings. The van der Waals surface area contributed by atoms with E-state index in [4.69, 9.17) is 10.5 Å². The van der Waals surface area contributed by atoms with Crippen LogP contribution in [0.25, 0.3) is 0 Å². The summed E-state index contributed by atoms with van der Waals surface area (Å²) in [5.41, 5.74) is 7.06. The van der Waals surface area contributed by atoms with Gasteiger partial charge in [0.2, 0.25) is 0 Å². The summed E-state index contributed by atoms with van der Waals surface area (Å²) in [6.45, 7) is 1.97. The van der Waals surface area contributed by atoms with E-state index in [9.17, 15) is 13.6 Å². The molecule has 0 aliphatic heterocycles. The third-order valence-corrected chi connectivity index (χ3v) is 2.70. The van der Waals surface area contributed by atoms with Gasteiger partial charge in [0.05, 0.1) is 23.5 Å². The third kappa shape index (κ3) is 3.68. The molecule has 2 rings (SSSR count). The first-order valence-corrected chi connectivity index (χ1v) is 6.29. The van der Waals surface area contributed by atoms with Crippen molar-refractivity contribution in [2.24, 2.45) is 0 Å². The smallest absolute Gasteiger partial charge is 0.338 e. The van der Waals surface area contributed by atoms with Gasteiger partial charge in [-0.15, -0.1) is 0 Å². The highest BCUT2D eigenvalue weighted by Crippen LogP contribution is 2.25. The van der Waals surface area contributed by atoms with Gasteiger partial charge in [-0.05, 0) is 37.3 Å². The minimum absolute atomic E-state index is 0.225. The second-order valence-corrected chi connectivity index (χ2v) is 4.31. The summed E-state index contributed by atoms with van der Waals surface area (Å²) in [6.07, 6.45) is 0. The van der Waals surface area contributed by atoms with Gasteiger partial charge in [-0.2, -0.15) is 0 Å². The Morgan fingerprint density at radius 2 is 1.86 bits per heavy atom. The molecule has 0 aliphatic rings. The highest BCUT2D eigenvalue weighted by atomic mass is 19.1. The van der Waals surface area contributed by atoms with Crippen molar-refractivity contribution in [3.63, 3.8) is 0 Å². The van der Waals surface area contributed by atoms with Gasteiger partial charge in [0, 0.05) is 11.8 Å². The molecule has 0 saturated carbocycles. The summed E-state index contributed by atoms with van der Waals surface area (Å²) in [5, 5.41) is 2.79. The van der Waals surface area contributed by atoms with E-state index in [0.717, 1.165) is 18.2 Å². The minimum Gasteiger partial charge on any atom is -0.462 e. The standard InChI is InChI=1S/C15H14F2N2O2/c1-2-21-15(20)9-3-4-14(13(18)5-9)19-12-7-10(16)6-11(17)8-12/h3-8,19H,2,18H2,1H3. The Labute approximate surface area is 120 Å². The Kier molecular flexibility index (Phi) is 4.37. The number of nitrogens with two attached hydrogens (primary N) is 1. The number of nitrogens with one attached hydrogen (secondary N) is 1. The summed E-state index contributed by atoms with van der Waals surface area (Å²) < 4.78 is 31.1. The Morgan fingerprint density at radius 3 is 2.43 bits per heavy atom. The molecular weight excluding hydrogens is 278 g/mol. The van der Waals surface area contributed by atoms with Crippen molar-refractivity contribution in [3.05, 3.63) is 53.6 Å². The Morgan fingerprint density at radius 1 is 1.19 bits per heavy atom. The lowest BCUT2D eigenvalue weighted by atomic mass is 10.1. The van der Waals surface area contributed by atoms with E-state index in [1.54, 1.807) is 13.0 Å². The number of rotatable bonds is 4. The molecule has 2 aromatic carbocycles. The van der Waals surface area contributed by atoms with Crippen molar-refractivity contribution < 1.29 is 18.3 Å². The number of carbonyl (C=O) groups is 1. The SMILES string of the molecule is CCOC(=O)c1ccc(Nc2cc(F)cc(F)c2)c(N)c1. The molecule has 0 aromatic heterocycles. The molecule has 3 N–H and O–H groups in total. The Hall–Kier alpha value is -2.63. The molecule has 0 spiro atoms. The van der Waals surface area contributed by atoms with Gasteiger partial charge in [-0.25, -0.2) is 13.6 Å². The first-order chi connectivity index (χ1) is 9.99. The van der Waals surface area contributed by atoms with E-state index in [1.807, 2.05) is 0 Å². The summed E-state index contributed by atoms with van der Waals surface area (Å²) in [5.74, 6) is -1.87. The summed E-state index contributed by atoms with van der Waals surface area (Å²) in [4.78, 5) is 11.6. The number of anilines is 3. The van der Waals surface area contributed by atoms with Gasteiger partial charge < -0.3 is 15.8 Å². The van der Waals surface area contributed by atoms with Crippen molar-refractivity contribution >= 4 is 23.0 Å². The van der Waals surface area contributed by atoms with Crippen LogP contribution in [-0.4, -0.2) is 12.6 Å². The van der Waals surface area contributed by atoms with Crippen LogP contribution in [0.2, 0.25) is 0 Å². The maximum absolute atomic E-state index is 13.1. The predicted octanol–water partition coefficient (Wildman–Crippen LogP) is 3.47. The maximum Gasteiger partial charge on any atom is 0.338 e. The second kappa shape index (κ2) is 6.21. The molecule has 0 saturated heterocycles. The number of halogens is 2. The Balaban J connectivity index is 2.23. The van der Waals surface area contributed by atoms with E-state index in [0.29, 0.717) is 11.3 Å². The number of nitrogen functional groups attached to an aromatic ring is 1. The van der Waals surface area contributed by atoms with Crippen LogP contribution in [0.5, 0.6) is 0 Å². The van der Waals surface area contributed by atoms with E-state index < -0.39 is 17.6 Å². The van der Waals surface area contributed by atoms with Gasteiger partial charge in [-0.3, -0.25) is 0 Å². The fourth-order valence-electron chi connectivity index (χ4n) is 1.80. The van der Waals surface area contributed by atoms with Crippen LogP contribution in [0, 0.1) is 11.6 Å². The molecule has 6 heteroatoms. The maximum atomic E-state index is 13.1. The molecule has 0 amide bonds. The van der Waals surface area contributed by atoms with Crippen LogP contribution in [0.3, 0.4) is 0 Å². The first kappa shape index (κ1) is 14.8. The number of esters is 1. The zero-order chi connectivity index (χ0) is 15.4. The lowest BCUT2D eigenvalue weighted by molar-refractivity contribution is 0.0526. The lowest BCUT2D eigenvalue weighted by Gasteiger charge is -2.11. The monoisotopic (exact) mass is 292 g/mol. The number of benzene rings is 2. The summed E-state index contributed by atoms with van der Waals surface area (Å²) >= 11 is 0. The third-order valence-electron chi connectivity index (χ3n) is 2.70. The Bertz CT molecular complexity index is 654. The molecule has 0 bridgehead atoms. The molecule has 0 unspecified atom stereocenters. The molecule has 110 valence electrons. The predicted molar refractivity (Wildman–Crippen MR) is 76.5 cm³/mol. The van der Waals surface area contributed by atoms with Crippen LogP contribution in [0.15, 0.2) is 36.4 Å². The molecular formula is C15H14F2N2O2. The molecule has 0 fully saturated rings. The average molecular weight is 292 g/mol. The fraction of sp³-hybridized carbons (Fsp3) is 0.133. The molecule has 0 aliphatic carbocycles. The molecule has 4 nitrogen and oxygen atoms in total. The van der Waals surface area contributed by atoms with Crippen LogP contribution in [0.4, 0.5) is 25.8 Å². The molecule has 0 radical (unpaired) electrons. The fourth-order valence-corrected chi connectivity index (χ4v) is 1.80. The zero-order valence-corrected chi connectivity index (χ0v) is 11.3. The highest BCUT2D eigenvalue weighted by molar-refractivity contribution is 5.92. The number of hydrogen-bond donors (Lipinski definition) is 2. The van der Waals surface area contributed by atoms with Crippen LogP contribution < -0.4 is 11.1 Å². The van der Waals surface area contributed by atoms with Crippen molar-refractivity contribution in [2.45, 2.75) is 6.92 Å². The van der Waals surface area contributed by atoms with Crippen molar-refractivity contribution in [1.82, 2.24) is 0 Å². The first-order valence-electron chi connectivity index (χ1n) is 6.29. The number of hydrogen-bond acceptors (Lipinski definition) is 4. The van der Waals surface area contributed by atoms with Gasteiger partial charge in [0.15, 0.2) is 0 Å². The summed E-state index contributed by atoms with van der Waals surface area (Å²) in [7, 11) is 0. The summed E-state index contributed by atoms with van der Waals surface area (Å²) in [6, 6.07) is 7.56. The zero-order valence-electron chi connectivity index (χ0n) is 11.3. The van der Waals surface area contributed by atoms with Crippen LogP contribution in [-0.2, 0) is 4.74 Å². The molecule has 0 atom stereocenters. The highest BCUT2D eigenvalue weighted by Gasteiger charge is 2.09. The topological polar surface area (TPSA) is 64.3 Å². The normalized spacial score (nSPS) is 10.2. The van der Waals surface area contributed by atoms with Crippen molar-refractivity contribution in [2.75, 3.05) is 17.7 Å². The molecule has 0 heterocycles. The number of ether oxygens (including phenoxy) is 1. The largest absolute Gasteiger partial charge is 0.462 e. The second-order valence-electron chi connectivity index (χ2n) is 4.31. The van der Waals surface area contributed by atoms with Gasteiger partial charge in [0.1, 0.15) is 11.6 Å². The number of carbonyl (C=O) groups excluding carboxylic acids is 1. The van der Waals surface area contributed by atoms with Gasteiger partial charge in [0.25, 0.3) is 0 Å². The van der Waals surface area contributed by atoms with Gasteiger partial charge >= 0.3 is 5.97 Å². The van der Waals surface area contributed by atoms with E-state index >= 15 is 0 Å². The average Bonchev–Trinajstić information content (AvgIpc) is 2.40.